The van der Waals surface area contributed by atoms with Gasteiger partial charge in [-0.2, -0.15) is 9.97 Å². The molecule has 0 saturated carbocycles. The molecular weight excluding hydrogens is 1430 g/mol. The summed E-state index contributed by atoms with van der Waals surface area (Å²) >= 11 is 6.14. The molecule has 22 aromatic rings. The number of rotatable bonds is 8. The largest absolute Gasteiger partial charge is 0.495 e. The first-order valence-electron chi connectivity index (χ1n) is 38.0. The molecule has 14 heteroatoms. The molecule has 0 aliphatic carbocycles. The highest BCUT2D eigenvalue weighted by molar-refractivity contribution is 6.66. The van der Waals surface area contributed by atoms with E-state index in [9.17, 15) is 0 Å². The Hall–Kier alpha value is -13.9. The summed E-state index contributed by atoms with van der Waals surface area (Å²) in [6.45, 7) is 8.32. The van der Waals surface area contributed by atoms with Crippen LogP contribution >= 0.6 is 11.6 Å². The van der Waals surface area contributed by atoms with E-state index in [2.05, 4.69) is 261 Å². The van der Waals surface area contributed by atoms with Gasteiger partial charge in [0.05, 0.1) is 11.2 Å². The summed E-state index contributed by atoms with van der Waals surface area (Å²) < 4.78 is 38.1. The normalized spacial score (nSPS) is 13.4. The van der Waals surface area contributed by atoms with Crippen molar-refractivity contribution in [3.63, 3.8) is 0 Å². The quantitative estimate of drug-likeness (QED) is 0.133. The van der Waals surface area contributed by atoms with Gasteiger partial charge in [0, 0.05) is 70.9 Å². The molecule has 0 N–H and O–H groups in total. The summed E-state index contributed by atoms with van der Waals surface area (Å²) in [6.07, 6.45) is 0. The van der Waals surface area contributed by atoms with Gasteiger partial charge < -0.3 is 27.0 Å². The zero-order chi connectivity index (χ0) is 76.3. The third kappa shape index (κ3) is 12.0. The van der Waals surface area contributed by atoms with E-state index in [1.165, 1.54) is 21.5 Å². The topological polar surface area (TPSA) is 148 Å². The number of fused-ring (bicyclic) bond motifs is 16. The van der Waals surface area contributed by atoms with E-state index >= 15 is 0 Å². The Morgan fingerprint density at radius 3 is 1.07 bits per heavy atom. The molecule has 1 saturated heterocycles. The van der Waals surface area contributed by atoms with Gasteiger partial charge in [-0.15, -0.1) is 0 Å². The van der Waals surface area contributed by atoms with Crippen molar-refractivity contribution in [2.75, 3.05) is 0 Å². The van der Waals surface area contributed by atoms with Crippen LogP contribution in [0.5, 0.6) is 0 Å². The molecule has 16 aromatic carbocycles. The van der Waals surface area contributed by atoms with Crippen molar-refractivity contribution in [3.05, 3.63) is 333 Å². The minimum Gasteiger partial charge on any atom is -0.456 e. The maximum atomic E-state index is 6.46. The molecule has 542 valence electrons. The van der Waals surface area contributed by atoms with Gasteiger partial charge in [-0.05, 0) is 195 Å². The maximum absolute atomic E-state index is 6.46. The van der Waals surface area contributed by atoms with Gasteiger partial charge in [0.2, 0.25) is 5.28 Å². The highest BCUT2D eigenvalue weighted by Crippen LogP contribution is 2.44. The zero-order valence-electron chi connectivity index (χ0n) is 62.3. The number of halogens is 1. The van der Waals surface area contributed by atoms with E-state index < -0.39 is 18.3 Å². The van der Waals surface area contributed by atoms with Gasteiger partial charge >= 0.3 is 7.12 Å². The Morgan fingerprint density at radius 1 is 0.237 bits per heavy atom. The second kappa shape index (κ2) is 27.2. The van der Waals surface area contributed by atoms with Crippen LogP contribution in [0.4, 0.5) is 0 Å². The van der Waals surface area contributed by atoms with Crippen LogP contribution in [-0.2, 0) is 9.31 Å². The highest BCUT2D eigenvalue weighted by atomic mass is 35.5. The number of furan rings is 4. The van der Waals surface area contributed by atoms with Crippen molar-refractivity contribution in [1.82, 2.24) is 29.9 Å². The number of hydrogen-bond acceptors (Lipinski definition) is 12. The molecule has 1 fully saturated rings. The molecule has 0 radical (unpaired) electrons. The number of aromatic nitrogens is 6. The Balaban J connectivity index is 0.000000116. The first kappa shape index (κ1) is 68.1. The van der Waals surface area contributed by atoms with E-state index in [1.54, 1.807) is 0 Å². The predicted octanol–water partition coefficient (Wildman–Crippen LogP) is 26.3. The van der Waals surface area contributed by atoms with Crippen LogP contribution in [0, 0.1) is 0 Å². The van der Waals surface area contributed by atoms with E-state index in [1.807, 2.05) is 109 Å². The number of hydrogen-bond donors (Lipinski definition) is 0. The monoisotopic (exact) mass is 1490 g/mol. The van der Waals surface area contributed by atoms with Crippen LogP contribution in [0.15, 0.2) is 345 Å². The predicted molar refractivity (Wildman–Crippen MR) is 464 cm³/mol. The van der Waals surface area contributed by atoms with Gasteiger partial charge in [-0.1, -0.05) is 243 Å². The standard InChI is InChI=1S/C47H27N3O2.C34H27BO4.C19H12ClN3/c1-2-11-29(12-3-1)45-48-46(35-17-8-15-28-10-6-7-16-34(28)35)50-47(49-45)36-18-9-19-42-44(36)39-26-33(21-23-41(39)51-42)32-20-22-40-37(25-32)38-24-30-13-4-5-14-31(30)27-43(38)52-40;1-33(2)34(3,4)39-35(38-33)27-10-7-11-30-32(27)26-18-23(13-15-29(26)36-30)22-12-14-28-24(17-22)25-16-20-8-5-6-9-21(20)19-31(25)37-28;20-19-22-17(14-8-2-1-3-9-14)21-18(23-19)16-12-6-10-13-7-4-5-11-15(13)16/h1-27H;5-19H,1-4H3;1-12H. The average Bonchev–Trinajstić information content (AvgIpc) is 1.58. The summed E-state index contributed by atoms with van der Waals surface area (Å²) in [6, 6.07) is 112. The Labute approximate surface area is 658 Å². The van der Waals surface area contributed by atoms with Crippen LogP contribution in [0.3, 0.4) is 0 Å². The van der Waals surface area contributed by atoms with Crippen molar-refractivity contribution in [2.45, 2.75) is 38.9 Å². The van der Waals surface area contributed by atoms with E-state index in [-0.39, 0.29) is 5.28 Å². The summed E-state index contributed by atoms with van der Waals surface area (Å²) in [5.41, 5.74) is 16.0. The summed E-state index contributed by atoms with van der Waals surface area (Å²) in [7, 11) is -0.466. The van der Waals surface area contributed by atoms with E-state index in [0.717, 1.165) is 165 Å². The Kier molecular flexibility index (Phi) is 16.3. The fraction of sp³-hybridized carbons (Fsp3) is 0.0600. The third-order valence-electron chi connectivity index (χ3n) is 22.5. The van der Waals surface area contributed by atoms with E-state index in [0.29, 0.717) is 29.1 Å². The number of benzene rings is 16. The average molecular weight is 1490 g/mol. The van der Waals surface area contributed by atoms with Crippen molar-refractivity contribution in [2.24, 2.45) is 0 Å². The molecule has 7 heterocycles. The Bertz CT molecular complexity index is 7600. The summed E-state index contributed by atoms with van der Waals surface area (Å²) in [4.78, 5) is 28.5. The van der Waals surface area contributed by atoms with E-state index in [4.69, 9.17) is 53.5 Å². The minimum atomic E-state index is -0.466. The fourth-order valence-electron chi connectivity index (χ4n) is 16.0. The fourth-order valence-corrected chi connectivity index (χ4v) is 16.2. The first-order chi connectivity index (χ1) is 55.8. The third-order valence-corrected chi connectivity index (χ3v) is 22.6. The molecular formula is C100H66BClN6O6. The smallest absolute Gasteiger partial charge is 0.456 e. The van der Waals surface area contributed by atoms with Crippen LogP contribution in [0.1, 0.15) is 27.7 Å². The van der Waals surface area contributed by atoms with Crippen molar-refractivity contribution in [3.8, 4) is 79.2 Å². The molecule has 0 spiro atoms. The van der Waals surface area contributed by atoms with Gasteiger partial charge in [-0.3, -0.25) is 0 Å². The molecule has 114 heavy (non-hydrogen) atoms. The highest BCUT2D eigenvalue weighted by Gasteiger charge is 2.52. The lowest BCUT2D eigenvalue weighted by Gasteiger charge is -2.32. The molecule has 0 bridgehead atoms. The van der Waals surface area contributed by atoms with Crippen LogP contribution in [-0.4, -0.2) is 48.2 Å². The zero-order valence-corrected chi connectivity index (χ0v) is 63.0. The first-order valence-corrected chi connectivity index (χ1v) is 38.4. The maximum Gasteiger partial charge on any atom is 0.495 e. The molecule has 1 aliphatic heterocycles. The lowest BCUT2D eigenvalue weighted by atomic mass is 9.76. The molecule has 0 amide bonds. The lowest BCUT2D eigenvalue weighted by molar-refractivity contribution is 0.00578. The van der Waals surface area contributed by atoms with Gasteiger partial charge in [-0.25, -0.2) is 19.9 Å². The van der Waals surface area contributed by atoms with Gasteiger partial charge in [0.25, 0.3) is 0 Å². The summed E-state index contributed by atoms with van der Waals surface area (Å²) in [5.74, 6) is 3.00. The van der Waals surface area contributed by atoms with Gasteiger partial charge in [0.15, 0.2) is 29.1 Å². The Morgan fingerprint density at radius 2 is 0.570 bits per heavy atom. The molecule has 6 aromatic heterocycles. The van der Waals surface area contributed by atoms with Crippen molar-refractivity contribution in [1.29, 1.82) is 0 Å². The number of nitrogens with zero attached hydrogens (tertiary/aromatic N) is 6. The second-order valence-electron chi connectivity index (χ2n) is 30.0. The van der Waals surface area contributed by atoms with Crippen LogP contribution in [0.25, 0.3) is 210 Å². The van der Waals surface area contributed by atoms with Crippen molar-refractivity contribution >= 4 is 155 Å². The van der Waals surface area contributed by atoms with Crippen LogP contribution < -0.4 is 5.46 Å². The molecule has 1 aliphatic rings. The van der Waals surface area contributed by atoms with Crippen molar-refractivity contribution < 1.29 is 27.0 Å². The van der Waals surface area contributed by atoms with Crippen LogP contribution in [0.2, 0.25) is 5.28 Å². The lowest BCUT2D eigenvalue weighted by Crippen LogP contribution is -2.41. The second-order valence-corrected chi connectivity index (χ2v) is 30.3. The molecule has 12 nitrogen and oxygen atoms in total. The summed E-state index contributed by atoms with van der Waals surface area (Å²) in [5, 5.41) is 17.9. The molecule has 0 atom stereocenters. The van der Waals surface area contributed by atoms with Gasteiger partial charge in [0.1, 0.15) is 44.7 Å². The molecule has 0 unspecified atom stereocenters. The molecule has 23 rings (SSSR count). The minimum absolute atomic E-state index is 0.196. The SMILES string of the molecule is CC1(C)OB(c2cccc3oc4ccc(-c5ccc6oc7cc8ccccc8cc7c6c5)cc4c23)OC1(C)C.Clc1nc(-c2ccccc2)nc(-c2cccc3ccccc23)n1.c1ccc(-c2nc(-c3cccc4ccccc34)nc(-c3cccc4oc5ccc(-c6ccc7oc8cc9ccccc9cc8c7c6)cc5c34)n2)cc1.